The van der Waals surface area contributed by atoms with Crippen LogP contribution in [-0.2, 0) is 0 Å². The second kappa shape index (κ2) is 4.58. The molecule has 0 aromatic heterocycles. The number of benzene rings is 2. The summed E-state index contributed by atoms with van der Waals surface area (Å²) >= 11 is 0. The van der Waals surface area contributed by atoms with Gasteiger partial charge in [0.2, 0.25) is 0 Å². The predicted octanol–water partition coefficient (Wildman–Crippen LogP) is 3.72. The molecule has 0 unspecified atom stereocenters. The molecule has 0 bridgehead atoms. The minimum Gasteiger partial charge on any atom is -0.289 e. The van der Waals surface area contributed by atoms with E-state index in [1.54, 1.807) is 6.07 Å². The third kappa shape index (κ3) is 2.09. The predicted molar refractivity (Wildman–Crippen MR) is 66.4 cm³/mol. The molecule has 78 valence electrons. The Hall–Kier alpha value is -2.15. The molecular weight excluding hydrogens is 196 g/mol. The SMILES string of the molecule is C=CC(=O)c1cccc(-c2ccccc2)c1. The van der Waals surface area contributed by atoms with Crippen LogP contribution in [0.1, 0.15) is 10.4 Å². The highest BCUT2D eigenvalue weighted by Gasteiger charge is 2.02. The molecule has 0 atom stereocenters. The summed E-state index contributed by atoms with van der Waals surface area (Å²) in [6, 6.07) is 17.6. The zero-order chi connectivity index (χ0) is 11.4. The molecule has 0 aliphatic heterocycles. The highest BCUT2D eigenvalue weighted by atomic mass is 16.1. The summed E-state index contributed by atoms with van der Waals surface area (Å²) in [4.78, 5) is 11.5. The van der Waals surface area contributed by atoms with Crippen LogP contribution in [0.3, 0.4) is 0 Å². The van der Waals surface area contributed by atoms with Crippen molar-refractivity contribution in [2.24, 2.45) is 0 Å². The van der Waals surface area contributed by atoms with Crippen molar-refractivity contribution in [3.05, 3.63) is 72.8 Å². The van der Waals surface area contributed by atoms with Crippen molar-refractivity contribution in [1.29, 1.82) is 0 Å². The standard InChI is InChI=1S/C15H12O/c1-2-15(16)14-10-6-9-13(11-14)12-7-4-3-5-8-12/h2-11H,1H2. The molecule has 2 aromatic carbocycles. The van der Waals surface area contributed by atoms with E-state index >= 15 is 0 Å². The highest BCUT2D eigenvalue weighted by Crippen LogP contribution is 2.20. The van der Waals surface area contributed by atoms with Crippen LogP contribution < -0.4 is 0 Å². The molecule has 0 aliphatic carbocycles. The smallest absolute Gasteiger partial charge is 0.185 e. The van der Waals surface area contributed by atoms with Crippen molar-refractivity contribution < 1.29 is 4.79 Å². The number of rotatable bonds is 3. The molecule has 2 aromatic rings. The zero-order valence-electron chi connectivity index (χ0n) is 8.89. The monoisotopic (exact) mass is 208 g/mol. The van der Waals surface area contributed by atoms with Crippen molar-refractivity contribution in [3.63, 3.8) is 0 Å². The first-order valence-corrected chi connectivity index (χ1v) is 5.13. The van der Waals surface area contributed by atoms with E-state index in [-0.39, 0.29) is 5.78 Å². The van der Waals surface area contributed by atoms with Crippen LogP contribution in [0.5, 0.6) is 0 Å². The maximum Gasteiger partial charge on any atom is 0.185 e. The van der Waals surface area contributed by atoms with E-state index in [4.69, 9.17) is 0 Å². The Bertz CT molecular complexity index is 512. The number of ketones is 1. The summed E-state index contributed by atoms with van der Waals surface area (Å²) in [5.74, 6) is -0.0437. The fourth-order valence-corrected chi connectivity index (χ4v) is 1.60. The topological polar surface area (TPSA) is 17.1 Å². The molecule has 0 amide bonds. The molecule has 0 aliphatic rings. The van der Waals surface area contributed by atoms with Crippen LogP contribution in [0.4, 0.5) is 0 Å². The molecule has 1 nitrogen and oxygen atoms in total. The minimum absolute atomic E-state index is 0.0437. The summed E-state index contributed by atoms with van der Waals surface area (Å²) in [5.41, 5.74) is 2.84. The third-order valence-electron chi connectivity index (χ3n) is 2.44. The lowest BCUT2D eigenvalue weighted by molar-refractivity contribution is 0.104. The summed E-state index contributed by atoms with van der Waals surface area (Å²) in [6.07, 6.45) is 1.34. The van der Waals surface area contributed by atoms with Crippen LogP contribution in [0.25, 0.3) is 11.1 Å². The number of carbonyl (C=O) groups excluding carboxylic acids is 1. The van der Waals surface area contributed by atoms with Crippen LogP contribution >= 0.6 is 0 Å². The first-order chi connectivity index (χ1) is 7.81. The van der Waals surface area contributed by atoms with Crippen molar-refractivity contribution in [2.45, 2.75) is 0 Å². The highest BCUT2D eigenvalue weighted by molar-refractivity contribution is 6.04. The van der Waals surface area contributed by atoms with Gasteiger partial charge in [-0.15, -0.1) is 0 Å². The largest absolute Gasteiger partial charge is 0.289 e. The molecule has 0 N–H and O–H groups in total. The molecule has 0 spiro atoms. The lowest BCUT2D eigenvalue weighted by Crippen LogP contribution is -1.93. The van der Waals surface area contributed by atoms with Gasteiger partial charge in [-0.25, -0.2) is 0 Å². The first-order valence-electron chi connectivity index (χ1n) is 5.13. The molecular formula is C15H12O. The molecule has 2 rings (SSSR count). The van der Waals surface area contributed by atoms with Crippen molar-refractivity contribution in [2.75, 3.05) is 0 Å². The van der Waals surface area contributed by atoms with Crippen LogP contribution in [0.2, 0.25) is 0 Å². The molecule has 0 saturated heterocycles. The zero-order valence-corrected chi connectivity index (χ0v) is 8.89. The normalized spacial score (nSPS) is 9.75. The van der Waals surface area contributed by atoms with E-state index < -0.39 is 0 Å². The van der Waals surface area contributed by atoms with Crippen molar-refractivity contribution >= 4 is 5.78 Å². The van der Waals surface area contributed by atoms with Crippen LogP contribution in [-0.4, -0.2) is 5.78 Å². The van der Waals surface area contributed by atoms with Gasteiger partial charge in [-0.05, 0) is 23.3 Å². The van der Waals surface area contributed by atoms with Gasteiger partial charge < -0.3 is 0 Å². The lowest BCUT2D eigenvalue weighted by atomic mass is 10.0. The quantitative estimate of drug-likeness (QED) is 0.555. The number of carbonyl (C=O) groups is 1. The molecule has 0 saturated carbocycles. The summed E-state index contributed by atoms with van der Waals surface area (Å²) in [7, 11) is 0. The van der Waals surface area contributed by atoms with Gasteiger partial charge in [0.15, 0.2) is 5.78 Å². The summed E-state index contributed by atoms with van der Waals surface area (Å²) in [6.45, 7) is 3.49. The molecule has 1 heteroatoms. The van der Waals surface area contributed by atoms with Gasteiger partial charge in [0.25, 0.3) is 0 Å². The number of hydrogen-bond donors (Lipinski definition) is 0. The van der Waals surface area contributed by atoms with Gasteiger partial charge in [-0.2, -0.15) is 0 Å². The minimum atomic E-state index is -0.0437. The van der Waals surface area contributed by atoms with Gasteiger partial charge in [0.05, 0.1) is 0 Å². The van der Waals surface area contributed by atoms with E-state index in [1.165, 1.54) is 6.08 Å². The molecule has 16 heavy (non-hydrogen) atoms. The maximum atomic E-state index is 11.5. The van der Waals surface area contributed by atoms with Gasteiger partial charge in [0.1, 0.15) is 0 Å². The Labute approximate surface area is 95.1 Å². The second-order valence-corrected chi connectivity index (χ2v) is 3.52. The van der Waals surface area contributed by atoms with E-state index in [0.717, 1.165) is 11.1 Å². The Morgan fingerprint density at radius 1 is 0.938 bits per heavy atom. The lowest BCUT2D eigenvalue weighted by Gasteiger charge is -2.03. The maximum absolute atomic E-state index is 11.5. The second-order valence-electron chi connectivity index (χ2n) is 3.52. The average molecular weight is 208 g/mol. The Balaban J connectivity index is 2.44. The van der Waals surface area contributed by atoms with Gasteiger partial charge in [-0.1, -0.05) is 55.1 Å². The first kappa shape index (κ1) is 10.4. The molecule has 0 radical (unpaired) electrons. The fraction of sp³-hybridized carbons (Fsp3) is 0. The van der Waals surface area contributed by atoms with E-state index in [2.05, 4.69) is 6.58 Å². The Kier molecular flexibility index (Phi) is 2.97. The van der Waals surface area contributed by atoms with Gasteiger partial charge in [-0.3, -0.25) is 4.79 Å². The summed E-state index contributed by atoms with van der Waals surface area (Å²) in [5, 5.41) is 0. The van der Waals surface area contributed by atoms with E-state index in [1.807, 2.05) is 48.5 Å². The van der Waals surface area contributed by atoms with Gasteiger partial charge in [0, 0.05) is 5.56 Å². The Morgan fingerprint density at radius 2 is 1.62 bits per heavy atom. The third-order valence-corrected chi connectivity index (χ3v) is 2.44. The number of hydrogen-bond acceptors (Lipinski definition) is 1. The molecule has 0 heterocycles. The van der Waals surface area contributed by atoms with Crippen LogP contribution in [0.15, 0.2) is 67.3 Å². The molecule has 0 fully saturated rings. The van der Waals surface area contributed by atoms with E-state index in [0.29, 0.717) is 5.56 Å². The number of allylic oxidation sites excluding steroid dienone is 1. The fourth-order valence-electron chi connectivity index (χ4n) is 1.60. The van der Waals surface area contributed by atoms with Crippen LogP contribution in [0, 0.1) is 0 Å². The average Bonchev–Trinajstić information content (AvgIpc) is 2.39. The van der Waals surface area contributed by atoms with Gasteiger partial charge >= 0.3 is 0 Å². The van der Waals surface area contributed by atoms with Crippen molar-refractivity contribution in [3.8, 4) is 11.1 Å². The summed E-state index contributed by atoms with van der Waals surface area (Å²) < 4.78 is 0. The van der Waals surface area contributed by atoms with E-state index in [9.17, 15) is 4.79 Å². The Morgan fingerprint density at radius 3 is 2.31 bits per heavy atom. The van der Waals surface area contributed by atoms with Crippen molar-refractivity contribution in [1.82, 2.24) is 0 Å².